The Bertz CT molecular complexity index is 662. The fraction of sp³-hybridized carbons (Fsp3) is 0.286. The number of para-hydroxylation sites is 1. The van der Waals surface area contributed by atoms with Crippen molar-refractivity contribution in [1.29, 1.82) is 0 Å². The summed E-state index contributed by atoms with van der Waals surface area (Å²) in [6.07, 6.45) is 5.49. The van der Waals surface area contributed by atoms with Gasteiger partial charge in [-0.05, 0) is 49.2 Å². The third kappa shape index (κ3) is 4.72. The first kappa shape index (κ1) is 17.8. The van der Waals surface area contributed by atoms with E-state index in [4.69, 9.17) is 4.74 Å². The van der Waals surface area contributed by atoms with E-state index in [9.17, 15) is 4.79 Å². The Balaban J connectivity index is 2.19. The van der Waals surface area contributed by atoms with Gasteiger partial charge in [0.2, 0.25) is 0 Å². The Hall–Kier alpha value is -2.55. The quantitative estimate of drug-likeness (QED) is 0.676. The Morgan fingerprint density at radius 1 is 1.12 bits per heavy atom. The van der Waals surface area contributed by atoms with E-state index in [1.807, 2.05) is 65.6 Å². The normalized spacial score (nSPS) is 12.1. The molecule has 0 fully saturated rings. The third-order valence-corrected chi connectivity index (χ3v) is 3.95. The molecular formula is C21H25NO2. The predicted octanol–water partition coefficient (Wildman–Crippen LogP) is 4.93. The fourth-order valence-corrected chi connectivity index (χ4v) is 2.70. The summed E-state index contributed by atoms with van der Waals surface area (Å²) in [6.45, 7) is 4.23. The highest BCUT2D eigenvalue weighted by Gasteiger charge is 2.19. The molecule has 0 radical (unpaired) electrons. The lowest BCUT2D eigenvalue weighted by Gasteiger charge is -2.28. The maximum atomic E-state index is 12.8. The largest absolute Gasteiger partial charge is 0.497 e. The summed E-state index contributed by atoms with van der Waals surface area (Å²) in [5, 5.41) is 0. The molecule has 2 aromatic carbocycles. The second kappa shape index (κ2) is 8.92. The minimum atomic E-state index is -0.00188. The van der Waals surface area contributed by atoms with Crippen molar-refractivity contribution in [2.45, 2.75) is 32.7 Å². The average Bonchev–Trinajstić information content (AvgIpc) is 2.62. The van der Waals surface area contributed by atoms with Crippen LogP contribution in [0.3, 0.4) is 0 Å². The zero-order valence-electron chi connectivity index (χ0n) is 14.6. The van der Waals surface area contributed by atoms with Crippen LogP contribution in [0, 0.1) is 0 Å². The average molecular weight is 323 g/mol. The first-order chi connectivity index (χ1) is 11.7. The number of rotatable bonds is 7. The van der Waals surface area contributed by atoms with Crippen LogP contribution in [0.25, 0.3) is 6.08 Å². The van der Waals surface area contributed by atoms with Crippen molar-refractivity contribution in [3.63, 3.8) is 0 Å². The van der Waals surface area contributed by atoms with Crippen molar-refractivity contribution in [3.8, 4) is 5.75 Å². The van der Waals surface area contributed by atoms with Gasteiger partial charge in [0.25, 0.3) is 5.91 Å². The van der Waals surface area contributed by atoms with Crippen LogP contribution >= 0.6 is 0 Å². The van der Waals surface area contributed by atoms with Crippen LogP contribution < -0.4 is 9.64 Å². The topological polar surface area (TPSA) is 29.5 Å². The molecule has 0 aromatic heterocycles. The molecule has 0 saturated carbocycles. The van der Waals surface area contributed by atoms with Gasteiger partial charge in [0.15, 0.2) is 0 Å². The molecule has 0 aliphatic carbocycles. The van der Waals surface area contributed by atoms with Crippen LogP contribution in [0.1, 0.15) is 32.3 Å². The Kier molecular flexibility index (Phi) is 6.62. The zero-order chi connectivity index (χ0) is 17.4. The van der Waals surface area contributed by atoms with Crippen molar-refractivity contribution in [1.82, 2.24) is 0 Å². The Labute approximate surface area is 144 Å². The molecule has 24 heavy (non-hydrogen) atoms. The second-order valence-electron chi connectivity index (χ2n) is 5.79. The maximum absolute atomic E-state index is 12.8. The first-order valence-electron chi connectivity index (χ1n) is 8.36. The molecule has 3 heteroatoms. The molecule has 126 valence electrons. The van der Waals surface area contributed by atoms with Gasteiger partial charge in [-0.2, -0.15) is 0 Å². The van der Waals surface area contributed by atoms with E-state index < -0.39 is 0 Å². The van der Waals surface area contributed by atoms with E-state index in [0.717, 1.165) is 29.8 Å². The lowest BCUT2D eigenvalue weighted by molar-refractivity contribution is -0.114. The SMILES string of the molecule is CCCC(C)N(C(=O)/C=C/c1ccc(OC)cc1)c1ccccc1. The van der Waals surface area contributed by atoms with E-state index in [0.29, 0.717) is 0 Å². The van der Waals surface area contributed by atoms with Crippen LogP contribution in [0.4, 0.5) is 5.69 Å². The number of carbonyl (C=O) groups excluding carboxylic acids is 1. The van der Waals surface area contributed by atoms with Crippen LogP contribution in [-0.4, -0.2) is 19.1 Å². The number of anilines is 1. The summed E-state index contributed by atoms with van der Waals surface area (Å²) in [4.78, 5) is 14.6. The summed E-state index contributed by atoms with van der Waals surface area (Å²) < 4.78 is 5.15. The molecule has 1 amide bonds. The zero-order valence-corrected chi connectivity index (χ0v) is 14.6. The highest BCUT2D eigenvalue weighted by Crippen LogP contribution is 2.20. The minimum absolute atomic E-state index is 0.00188. The van der Waals surface area contributed by atoms with Crippen LogP contribution in [0.5, 0.6) is 5.75 Å². The summed E-state index contributed by atoms with van der Waals surface area (Å²) in [5.41, 5.74) is 1.91. The van der Waals surface area contributed by atoms with E-state index >= 15 is 0 Å². The maximum Gasteiger partial charge on any atom is 0.251 e. The summed E-state index contributed by atoms with van der Waals surface area (Å²) in [5.74, 6) is 0.805. The molecule has 0 aliphatic heterocycles. The Morgan fingerprint density at radius 2 is 1.79 bits per heavy atom. The number of carbonyl (C=O) groups is 1. The van der Waals surface area contributed by atoms with Crippen molar-refractivity contribution in [2.75, 3.05) is 12.0 Å². The second-order valence-corrected chi connectivity index (χ2v) is 5.79. The van der Waals surface area contributed by atoms with Crippen molar-refractivity contribution in [3.05, 3.63) is 66.2 Å². The minimum Gasteiger partial charge on any atom is -0.497 e. The van der Waals surface area contributed by atoms with Gasteiger partial charge in [-0.3, -0.25) is 4.79 Å². The van der Waals surface area contributed by atoms with Crippen LogP contribution in [-0.2, 0) is 4.79 Å². The molecule has 0 bridgehead atoms. The van der Waals surface area contributed by atoms with Gasteiger partial charge >= 0.3 is 0 Å². The molecule has 2 rings (SSSR count). The van der Waals surface area contributed by atoms with Crippen molar-refractivity contribution >= 4 is 17.7 Å². The molecule has 1 atom stereocenters. The number of hydrogen-bond acceptors (Lipinski definition) is 2. The lowest BCUT2D eigenvalue weighted by atomic mass is 10.1. The summed E-state index contributed by atoms with van der Waals surface area (Å²) >= 11 is 0. The highest BCUT2D eigenvalue weighted by molar-refractivity contribution is 6.04. The fourth-order valence-electron chi connectivity index (χ4n) is 2.70. The standard InChI is InChI=1S/C21H25NO2/c1-4-8-17(2)22(19-9-6-5-7-10-19)21(23)16-13-18-11-14-20(24-3)15-12-18/h5-7,9-17H,4,8H2,1-3H3/b16-13+. The number of benzene rings is 2. The molecule has 0 heterocycles. The Morgan fingerprint density at radius 3 is 2.38 bits per heavy atom. The molecule has 0 aliphatic rings. The van der Waals surface area contributed by atoms with E-state index in [1.54, 1.807) is 13.2 Å². The number of methoxy groups -OCH3 is 1. The molecule has 2 aromatic rings. The van der Waals surface area contributed by atoms with Gasteiger partial charge in [-0.25, -0.2) is 0 Å². The molecule has 3 nitrogen and oxygen atoms in total. The van der Waals surface area contributed by atoms with Gasteiger partial charge in [0.1, 0.15) is 5.75 Å². The lowest BCUT2D eigenvalue weighted by Crippen LogP contribution is -2.37. The van der Waals surface area contributed by atoms with Crippen molar-refractivity contribution < 1.29 is 9.53 Å². The molecule has 0 spiro atoms. The van der Waals surface area contributed by atoms with E-state index in [1.165, 1.54) is 0 Å². The third-order valence-electron chi connectivity index (χ3n) is 3.95. The van der Waals surface area contributed by atoms with Gasteiger partial charge in [-0.1, -0.05) is 43.7 Å². The number of nitrogens with zero attached hydrogens (tertiary/aromatic N) is 1. The van der Waals surface area contributed by atoms with Gasteiger partial charge in [-0.15, -0.1) is 0 Å². The van der Waals surface area contributed by atoms with Crippen LogP contribution in [0.15, 0.2) is 60.7 Å². The first-order valence-corrected chi connectivity index (χ1v) is 8.36. The number of hydrogen-bond donors (Lipinski definition) is 0. The highest BCUT2D eigenvalue weighted by atomic mass is 16.5. The monoisotopic (exact) mass is 323 g/mol. The van der Waals surface area contributed by atoms with E-state index in [2.05, 4.69) is 13.8 Å². The molecule has 0 N–H and O–H groups in total. The summed E-state index contributed by atoms with van der Waals surface area (Å²) in [7, 11) is 1.64. The molecule has 0 saturated heterocycles. The smallest absolute Gasteiger partial charge is 0.251 e. The van der Waals surface area contributed by atoms with Crippen LogP contribution in [0.2, 0.25) is 0 Å². The van der Waals surface area contributed by atoms with Gasteiger partial charge < -0.3 is 9.64 Å². The van der Waals surface area contributed by atoms with E-state index in [-0.39, 0.29) is 11.9 Å². The number of ether oxygens (including phenoxy) is 1. The number of amides is 1. The predicted molar refractivity (Wildman–Crippen MR) is 100 cm³/mol. The van der Waals surface area contributed by atoms with Gasteiger partial charge in [0, 0.05) is 17.8 Å². The van der Waals surface area contributed by atoms with Gasteiger partial charge in [0.05, 0.1) is 7.11 Å². The summed E-state index contributed by atoms with van der Waals surface area (Å²) in [6, 6.07) is 17.6. The van der Waals surface area contributed by atoms with Crippen molar-refractivity contribution in [2.24, 2.45) is 0 Å². The molecular weight excluding hydrogens is 298 g/mol. The molecule has 1 unspecified atom stereocenters.